The van der Waals surface area contributed by atoms with Gasteiger partial charge in [0.05, 0.1) is 5.52 Å². The van der Waals surface area contributed by atoms with E-state index in [1.165, 1.54) is 16.8 Å². The van der Waals surface area contributed by atoms with Gasteiger partial charge < -0.3 is 9.80 Å². The highest BCUT2D eigenvalue weighted by molar-refractivity contribution is 5.97. The normalized spacial score (nSPS) is 14.8. The summed E-state index contributed by atoms with van der Waals surface area (Å²) in [4.78, 5) is 17.3. The van der Waals surface area contributed by atoms with E-state index in [1.54, 1.807) is 0 Å². The Balaban J connectivity index is 1.48. The van der Waals surface area contributed by atoms with Crippen molar-refractivity contribution in [2.24, 2.45) is 0 Å². The fraction of sp³-hybridized carbons (Fsp3) is 0.381. The van der Waals surface area contributed by atoms with Crippen LogP contribution in [0.1, 0.15) is 28.4 Å². The number of aromatic nitrogens is 3. The van der Waals surface area contributed by atoms with Crippen LogP contribution in [0.25, 0.3) is 11.0 Å². The van der Waals surface area contributed by atoms with E-state index in [2.05, 4.69) is 47.3 Å². The third kappa shape index (κ3) is 3.16. The number of nitrogens with zero attached hydrogens (tertiary/aromatic N) is 5. The molecule has 4 rings (SSSR count). The second kappa shape index (κ2) is 7.02. The molecule has 3 aromatic rings. The molecular weight excluding hydrogens is 338 g/mol. The summed E-state index contributed by atoms with van der Waals surface area (Å²) in [5.41, 5.74) is 6.33. The minimum atomic E-state index is 0.0727. The van der Waals surface area contributed by atoms with Crippen LogP contribution in [-0.4, -0.2) is 52.0 Å². The lowest BCUT2D eigenvalue weighted by atomic mass is 10.1. The Morgan fingerprint density at radius 3 is 2.59 bits per heavy atom. The molecule has 1 aliphatic rings. The number of piperazine rings is 1. The Labute approximate surface area is 159 Å². The molecule has 0 atom stereocenters. The van der Waals surface area contributed by atoms with Crippen LogP contribution >= 0.6 is 0 Å². The van der Waals surface area contributed by atoms with Gasteiger partial charge >= 0.3 is 0 Å². The summed E-state index contributed by atoms with van der Waals surface area (Å²) in [6.07, 6.45) is 0. The molecule has 27 heavy (non-hydrogen) atoms. The number of fused-ring (bicyclic) bond motifs is 1. The molecule has 0 radical (unpaired) electrons. The van der Waals surface area contributed by atoms with Crippen molar-refractivity contribution in [2.45, 2.75) is 27.3 Å². The maximum Gasteiger partial charge on any atom is 0.254 e. The van der Waals surface area contributed by atoms with Gasteiger partial charge in [0, 0.05) is 44.0 Å². The SMILES string of the molecule is CCn1nnc2cc(C(=O)N3CCN(c4cccc(C)c4C)CC3)ccc21. The lowest BCUT2D eigenvalue weighted by Gasteiger charge is -2.37. The lowest BCUT2D eigenvalue weighted by molar-refractivity contribution is 0.0747. The van der Waals surface area contributed by atoms with Gasteiger partial charge in [-0.05, 0) is 56.2 Å². The van der Waals surface area contributed by atoms with Crippen molar-refractivity contribution < 1.29 is 4.79 Å². The van der Waals surface area contributed by atoms with Gasteiger partial charge in [0.25, 0.3) is 5.91 Å². The van der Waals surface area contributed by atoms with Crippen LogP contribution in [0.2, 0.25) is 0 Å². The first-order chi connectivity index (χ1) is 13.1. The Morgan fingerprint density at radius 2 is 1.85 bits per heavy atom. The molecule has 1 amide bonds. The first-order valence-corrected chi connectivity index (χ1v) is 9.52. The Kier molecular flexibility index (Phi) is 4.56. The van der Waals surface area contributed by atoms with E-state index in [0.29, 0.717) is 5.56 Å². The van der Waals surface area contributed by atoms with Crippen molar-refractivity contribution in [2.75, 3.05) is 31.1 Å². The molecule has 1 aliphatic heterocycles. The quantitative estimate of drug-likeness (QED) is 0.718. The molecule has 0 spiro atoms. The summed E-state index contributed by atoms with van der Waals surface area (Å²) in [5.74, 6) is 0.0727. The van der Waals surface area contributed by atoms with E-state index < -0.39 is 0 Å². The van der Waals surface area contributed by atoms with Crippen molar-refractivity contribution in [3.05, 3.63) is 53.1 Å². The molecule has 1 saturated heterocycles. The molecule has 0 aliphatic carbocycles. The number of anilines is 1. The van der Waals surface area contributed by atoms with E-state index >= 15 is 0 Å². The Morgan fingerprint density at radius 1 is 1.07 bits per heavy atom. The van der Waals surface area contributed by atoms with Gasteiger partial charge in [0.15, 0.2) is 0 Å². The molecule has 0 bridgehead atoms. The maximum absolute atomic E-state index is 12.9. The Hall–Kier alpha value is -2.89. The molecule has 1 aromatic heterocycles. The average molecular weight is 363 g/mol. The highest BCUT2D eigenvalue weighted by Crippen LogP contribution is 2.24. The zero-order chi connectivity index (χ0) is 19.0. The number of aryl methyl sites for hydroxylation is 2. The summed E-state index contributed by atoms with van der Waals surface area (Å²) in [5, 5.41) is 8.30. The summed E-state index contributed by atoms with van der Waals surface area (Å²) >= 11 is 0. The predicted octanol–water partition coefficient (Wildman–Crippen LogP) is 3.03. The van der Waals surface area contributed by atoms with Gasteiger partial charge in [-0.3, -0.25) is 4.79 Å². The van der Waals surface area contributed by atoms with Gasteiger partial charge in [-0.15, -0.1) is 5.10 Å². The molecule has 6 nitrogen and oxygen atoms in total. The zero-order valence-electron chi connectivity index (χ0n) is 16.1. The fourth-order valence-electron chi connectivity index (χ4n) is 3.75. The van der Waals surface area contributed by atoms with E-state index in [4.69, 9.17) is 0 Å². The second-order valence-corrected chi connectivity index (χ2v) is 7.11. The first kappa shape index (κ1) is 17.5. The van der Waals surface area contributed by atoms with Gasteiger partial charge in [-0.1, -0.05) is 17.3 Å². The molecule has 6 heteroatoms. The number of rotatable bonds is 3. The zero-order valence-corrected chi connectivity index (χ0v) is 16.1. The molecule has 0 saturated carbocycles. The van der Waals surface area contributed by atoms with Crippen LogP contribution in [0.3, 0.4) is 0 Å². The fourth-order valence-corrected chi connectivity index (χ4v) is 3.75. The minimum absolute atomic E-state index is 0.0727. The average Bonchev–Trinajstić information content (AvgIpc) is 3.12. The molecule has 2 aromatic carbocycles. The van der Waals surface area contributed by atoms with Crippen LogP contribution in [0.4, 0.5) is 5.69 Å². The maximum atomic E-state index is 12.9. The van der Waals surface area contributed by atoms with Crippen LogP contribution < -0.4 is 4.90 Å². The smallest absolute Gasteiger partial charge is 0.254 e. The van der Waals surface area contributed by atoms with Gasteiger partial charge in [-0.25, -0.2) is 4.68 Å². The molecule has 2 heterocycles. The highest BCUT2D eigenvalue weighted by Gasteiger charge is 2.23. The van der Waals surface area contributed by atoms with Gasteiger partial charge in [-0.2, -0.15) is 0 Å². The second-order valence-electron chi connectivity index (χ2n) is 7.11. The van der Waals surface area contributed by atoms with Crippen molar-refractivity contribution >= 4 is 22.6 Å². The summed E-state index contributed by atoms with van der Waals surface area (Å²) in [6, 6.07) is 12.1. The summed E-state index contributed by atoms with van der Waals surface area (Å²) in [7, 11) is 0. The van der Waals surface area contributed by atoms with Crippen molar-refractivity contribution in [1.82, 2.24) is 19.9 Å². The molecular formula is C21H25N5O. The molecule has 140 valence electrons. The van der Waals surface area contributed by atoms with Crippen molar-refractivity contribution in [3.8, 4) is 0 Å². The van der Waals surface area contributed by atoms with Crippen LogP contribution in [-0.2, 0) is 6.54 Å². The summed E-state index contributed by atoms with van der Waals surface area (Å²) in [6.45, 7) is 10.3. The largest absolute Gasteiger partial charge is 0.368 e. The van der Waals surface area contributed by atoms with Crippen LogP contribution in [0.15, 0.2) is 36.4 Å². The summed E-state index contributed by atoms with van der Waals surface area (Å²) < 4.78 is 1.84. The first-order valence-electron chi connectivity index (χ1n) is 9.52. The van der Waals surface area contributed by atoms with E-state index in [1.807, 2.05) is 34.7 Å². The predicted molar refractivity (Wildman–Crippen MR) is 107 cm³/mol. The molecule has 1 fully saturated rings. The molecule has 0 N–H and O–H groups in total. The van der Waals surface area contributed by atoms with Crippen LogP contribution in [0.5, 0.6) is 0 Å². The standard InChI is InChI=1S/C21H25N5O/c1-4-26-20-9-8-17(14-18(20)22-23-26)21(27)25-12-10-24(11-13-25)19-7-5-6-15(2)16(19)3/h5-9,14H,4,10-13H2,1-3H3. The van der Waals surface area contributed by atoms with Crippen LogP contribution in [0, 0.1) is 13.8 Å². The van der Waals surface area contributed by atoms with E-state index in [9.17, 15) is 4.79 Å². The number of hydrogen-bond donors (Lipinski definition) is 0. The van der Waals surface area contributed by atoms with E-state index in [-0.39, 0.29) is 5.91 Å². The van der Waals surface area contributed by atoms with Crippen molar-refractivity contribution in [1.29, 1.82) is 0 Å². The van der Waals surface area contributed by atoms with Gasteiger partial charge in [0.2, 0.25) is 0 Å². The number of carbonyl (C=O) groups is 1. The minimum Gasteiger partial charge on any atom is -0.368 e. The lowest BCUT2D eigenvalue weighted by Crippen LogP contribution is -2.49. The monoisotopic (exact) mass is 363 g/mol. The third-order valence-electron chi connectivity index (χ3n) is 5.54. The van der Waals surface area contributed by atoms with E-state index in [0.717, 1.165) is 43.8 Å². The number of carbonyl (C=O) groups excluding carboxylic acids is 1. The Bertz CT molecular complexity index is 985. The number of benzene rings is 2. The molecule has 0 unspecified atom stereocenters. The highest BCUT2D eigenvalue weighted by atomic mass is 16.2. The topological polar surface area (TPSA) is 54.3 Å². The van der Waals surface area contributed by atoms with Gasteiger partial charge in [0.1, 0.15) is 5.52 Å². The number of hydrogen-bond acceptors (Lipinski definition) is 4. The third-order valence-corrected chi connectivity index (χ3v) is 5.54. The van der Waals surface area contributed by atoms with Crippen molar-refractivity contribution in [3.63, 3.8) is 0 Å². The number of amides is 1.